The van der Waals surface area contributed by atoms with Gasteiger partial charge in [-0.3, -0.25) is 9.59 Å². The van der Waals surface area contributed by atoms with Crippen LogP contribution in [0.4, 0.5) is 8.78 Å². The zero-order valence-electron chi connectivity index (χ0n) is 16.5. The van der Waals surface area contributed by atoms with E-state index in [4.69, 9.17) is 0 Å². The molecule has 0 aliphatic carbocycles. The van der Waals surface area contributed by atoms with E-state index in [-0.39, 0.29) is 30.5 Å². The van der Waals surface area contributed by atoms with E-state index in [1.165, 1.54) is 24.3 Å². The number of aromatic nitrogens is 1. The molecule has 6 nitrogen and oxygen atoms in total. The van der Waals surface area contributed by atoms with Gasteiger partial charge in [0.2, 0.25) is 11.8 Å². The molecule has 2 heterocycles. The Balaban J connectivity index is 1.56. The van der Waals surface area contributed by atoms with Crippen LogP contribution in [0.15, 0.2) is 54.6 Å². The maximum Gasteiger partial charge on any atom is 0.245 e. The maximum atomic E-state index is 13.4. The summed E-state index contributed by atoms with van der Waals surface area (Å²) in [6, 6.07) is 12.9. The molecule has 0 saturated carbocycles. The monoisotopic (exact) mass is 425 g/mol. The number of aliphatic hydroxyl groups excluding tert-OH is 1. The van der Waals surface area contributed by atoms with Crippen LogP contribution in [0.2, 0.25) is 0 Å². The Labute approximate surface area is 177 Å². The number of halogens is 2. The molecule has 4 N–H and O–H groups in total. The molecule has 160 valence electrons. The summed E-state index contributed by atoms with van der Waals surface area (Å²) in [7, 11) is 0. The van der Waals surface area contributed by atoms with E-state index in [1.807, 2.05) is 6.07 Å². The van der Waals surface area contributed by atoms with Gasteiger partial charge in [-0.15, -0.1) is 0 Å². The minimum absolute atomic E-state index is 0.0887. The van der Waals surface area contributed by atoms with Gasteiger partial charge in [-0.25, -0.2) is 8.78 Å². The van der Waals surface area contributed by atoms with E-state index in [0.29, 0.717) is 6.42 Å². The van der Waals surface area contributed by atoms with Gasteiger partial charge in [0.1, 0.15) is 23.8 Å². The van der Waals surface area contributed by atoms with Gasteiger partial charge in [-0.1, -0.05) is 0 Å². The fraction of sp³-hybridized carbons (Fsp3) is 0.217. The predicted octanol–water partition coefficient (Wildman–Crippen LogP) is 2.54. The van der Waals surface area contributed by atoms with Gasteiger partial charge in [0.25, 0.3) is 0 Å². The minimum atomic E-state index is -0.955. The molecule has 3 aromatic rings. The molecule has 2 atom stereocenters. The SMILES string of the molecule is O=C(CCc1cc(-c2ccc(F)cc2)[nH]c1-c1ccc(F)cc1)N[C@H]1C(=O)NC[C@H]1O. The van der Waals surface area contributed by atoms with Crippen LogP contribution in [0.3, 0.4) is 0 Å². The number of rotatable bonds is 6. The second-order valence-electron chi connectivity index (χ2n) is 7.45. The number of benzene rings is 2. The van der Waals surface area contributed by atoms with Crippen molar-refractivity contribution < 1.29 is 23.5 Å². The van der Waals surface area contributed by atoms with Crippen LogP contribution >= 0.6 is 0 Å². The molecule has 0 bridgehead atoms. The van der Waals surface area contributed by atoms with Crippen molar-refractivity contribution in [3.63, 3.8) is 0 Å². The molecule has 1 aliphatic rings. The zero-order valence-corrected chi connectivity index (χ0v) is 16.5. The van der Waals surface area contributed by atoms with Crippen molar-refractivity contribution in [1.82, 2.24) is 15.6 Å². The fourth-order valence-corrected chi connectivity index (χ4v) is 3.62. The molecule has 8 heteroatoms. The van der Waals surface area contributed by atoms with Crippen molar-refractivity contribution in [3.8, 4) is 22.5 Å². The van der Waals surface area contributed by atoms with E-state index in [2.05, 4.69) is 15.6 Å². The van der Waals surface area contributed by atoms with Gasteiger partial charge in [0.15, 0.2) is 0 Å². The number of hydrogen-bond donors (Lipinski definition) is 4. The van der Waals surface area contributed by atoms with Crippen molar-refractivity contribution in [2.24, 2.45) is 0 Å². The third kappa shape index (κ3) is 4.64. The first-order valence-electron chi connectivity index (χ1n) is 9.89. The summed E-state index contributed by atoms with van der Waals surface area (Å²) in [4.78, 5) is 27.3. The molecule has 2 amide bonds. The topological polar surface area (TPSA) is 94.2 Å². The third-order valence-corrected chi connectivity index (χ3v) is 5.28. The van der Waals surface area contributed by atoms with Crippen LogP contribution in [0, 0.1) is 11.6 Å². The summed E-state index contributed by atoms with van der Waals surface area (Å²) in [6.07, 6.45) is -0.518. The van der Waals surface area contributed by atoms with Gasteiger partial charge in [-0.05, 0) is 77.7 Å². The quantitative estimate of drug-likeness (QED) is 0.489. The molecule has 4 rings (SSSR count). The average molecular weight is 425 g/mol. The van der Waals surface area contributed by atoms with Crippen LogP contribution in [-0.2, 0) is 16.0 Å². The molecule has 1 aliphatic heterocycles. The molecule has 0 spiro atoms. The van der Waals surface area contributed by atoms with Crippen LogP contribution in [0.1, 0.15) is 12.0 Å². The molecule has 1 aromatic heterocycles. The minimum Gasteiger partial charge on any atom is -0.389 e. The number of aromatic amines is 1. The van der Waals surface area contributed by atoms with Gasteiger partial charge in [0, 0.05) is 24.4 Å². The standard InChI is InChI=1S/C23H21F2N3O3/c24-16-6-1-13(2-7-16)18-11-15(21(27-18)14-3-8-17(25)9-4-14)5-10-20(30)28-22-19(29)12-26-23(22)31/h1-4,6-9,11,19,22,27,29H,5,10,12H2,(H,26,31)(H,28,30)/t19-,22-/m1/s1. The molecule has 31 heavy (non-hydrogen) atoms. The number of carbonyl (C=O) groups excluding carboxylic acids is 2. The second kappa shape index (κ2) is 8.69. The number of aryl methyl sites for hydroxylation is 1. The lowest BCUT2D eigenvalue weighted by molar-refractivity contribution is -0.128. The van der Waals surface area contributed by atoms with Crippen LogP contribution < -0.4 is 10.6 Å². The smallest absolute Gasteiger partial charge is 0.245 e. The van der Waals surface area contributed by atoms with E-state index < -0.39 is 18.1 Å². The summed E-state index contributed by atoms with van der Waals surface area (Å²) in [5, 5.41) is 14.8. The normalized spacial score (nSPS) is 18.1. The van der Waals surface area contributed by atoms with Gasteiger partial charge in [0.05, 0.1) is 0 Å². The maximum absolute atomic E-state index is 13.4. The lowest BCUT2D eigenvalue weighted by atomic mass is 10.0. The van der Waals surface area contributed by atoms with E-state index >= 15 is 0 Å². The summed E-state index contributed by atoms with van der Waals surface area (Å²) in [5.41, 5.74) is 3.80. The molecule has 0 radical (unpaired) electrons. The largest absolute Gasteiger partial charge is 0.389 e. The van der Waals surface area contributed by atoms with Gasteiger partial charge < -0.3 is 20.7 Å². The number of nitrogens with one attached hydrogen (secondary N) is 3. The zero-order chi connectivity index (χ0) is 22.0. The predicted molar refractivity (Wildman–Crippen MR) is 111 cm³/mol. The number of hydrogen-bond acceptors (Lipinski definition) is 3. The van der Waals surface area contributed by atoms with Crippen molar-refractivity contribution in [1.29, 1.82) is 0 Å². The van der Waals surface area contributed by atoms with Crippen molar-refractivity contribution in [3.05, 3.63) is 71.8 Å². The summed E-state index contributed by atoms with van der Waals surface area (Å²) < 4.78 is 26.7. The lowest BCUT2D eigenvalue weighted by Gasteiger charge is -2.13. The fourth-order valence-electron chi connectivity index (χ4n) is 3.62. The van der Waals surface area contributed by atoms with E-state index in [9.17, 15) is 23.5 Å². The molecule has 1 saturated heterocycles. The van der Waals surface area contributed by atoms with Crippen molar-refractivity contribution in [2.75, 3.05) is 6.54 Å². The molecular formula is C23H21F2N3O3. The Morgan fingerprint density at radius 2 is 1.65 bits per heavy atom. The number of amides is 2. The summed E-state index contributed by atoms with van der Waals surface area (Å²) in [6.45, 7) is 0.108. The van der Waals surface area contributed by atoms with Crippen LogP contribution in [0.25, 0.3) is 22.5 Å². The van der Waals surface area contributed by atoms with Crippen LogP contribution in [0.5, 0.6) is 0 Å². The van der Waals surface area contributed by atoms with Gasteiger partial charge >= 0.3 is 0 Å². The summed E-state index contributed by atoms with van der Waals surface area (Å²) in [5.74, 6) is -1.48. The summed E-state index contributed by atoms with van der Waals surface area (Å²) >= 11 is 0. The number of H-pyrrole nitrogens is 1. The highest BCUT2D eigenvalue weighted by molar-refractivity contribution is 5.90. The van der Waals surface area contributed by atoms with E-state index in [1.54, 1.807) is 24.3 Å². The van der Waals surface area contributed by atoms with E-state index in [0.717, 1.165) is 28.1 Å². The Hall–Kier alpha value is -3.52. The van der Waals surface area contributed by atoms with Crippen LogP contribution in [-0.4, -0.2) is 40.6 Å². The Morgan fingerprint density at radius 3 is 2.23 bits per heavy atom. The third-order valence-electron chi connectivity index (χ3n) is 5.28. The first kappa shape index (κ1) is 20.7. The molecule has 1 fully saturated rings. The first-order chi connectivity index (χ1) is 14.9. The van der Waals surface area contributed by atoms with Gasteiger partial charge in [-0.2, -0.15) is 0 Å². The number of aliphatic hydroxyl groups is 1. The highest BCUT2D eigenvalue weighted by Gasteiger charge is 2.34. The first-order valence-corrected chi connectivity index (χ1v) is 9.89. The molecular weight excluding hydrogens is 404 g/mol. The Kier molecular flexibility index (Phi) is 5.81. The highest BCUT2D eigenvalue weighted by Crippen LogP contribution is 2.30. The van der Waals surface area contributed by atoms with Crippen molar-refractivity contribution >= 4 is 11.8 Å². The highest BCUT2D eigenvalue weighted by atomic mass is 19.1. The Bertz CT molecular complexity index is 1090. The number of carbonyl (C=O) groups is 2. The number of β-amino-alcohol motifs (C(OH)–C–C–N with tert-alkyl or cyclic N) is 1. The molecule has 0 unspecified atom stereocenters. The molecule has 2 aromatic carbocycles. The second-order valence-corrected chi connectivity index (χ2v) is 7.45. The lowest BCUT2D eigenvalue weighted by Crippen LogP contribution is -2.45. The van der Waals surface area contributed by atoms with Crippen molar-refractivity contribution in [2.45, 2.75) is 25.0 Å². The average Bonchev–Trinajstić information content (AvgIpc) is 3.32. The Morgan fingerprint density at radius 1 is 1.03 bits per heavy atom.